The maximum atomic E-state index is 14.6. The molecule has 4 rings (SSSR count). The SMILES string of the molecule is CSCC[C@H](NC(=O)[C@H](Cc1ccc(OS(=O)(=O)O)cc1)NC(=O)[C@H](CC(=O)O)NC(=O)CNC(=O)CC[C@@H](C(=O)O)N(CCN(CC(=O)O)CC(=O)O)CCN(CC(=O)O)CC(=O)O)C(=O)NCC(=O)N[C@@H](Cc1c[nH]c2ccccc12)C(=O)N[C@@H](CCSC)C(=O)N[C@@H](CC(=O)O)C(=O)N[C@@H](Cc1ccccc1)C(N)=O. The summed E-state index contributed by atoms with van der Waals surface area (Å²) < 4.78 is 36.7. The average molecular weight is 1650 g/mol. The van der Waals surface area contributed by atoms with Crippen LogP contribution in [0.5, 0.6) is 5.75 Å². The smallest absolute Gasteiger partial charge is 0.446 e. The summed E-state index contributed by atoms with van der Waals surface area (Å²) in [6.45, 7) is -6.92. The standard InChI is InChI=1S/C68H90N14O28S3/c1-111-24-18-44(62(99)72-33-54(85)73-48(28-40-31-70-43-11-7-6-10-42(40)43)65(102)76-45(19-25-112-2)63(100)79-50(30-56(88)89)67(104)77-46(61(69)98)26-38-8-4-3-5-9-38)75-64(101)47(27-39-12-14-41(15-13-39)110-113(107,108)109)78-66(103)49(29-55(86)87)74-53(84)32-71-52(83)17-16-51(68(105)106)82(22-20-80(34-57(90)91)35-58(92)93)23-21-81(36-59(94)95)37-60(96)97/h3-15,31,44-51,70H,16-30,32-37H2,1-2H3,(H2,69,98)(H,71,83)(H,72,99)(H,73,85)(H,74,84)(H,75,101)(H,76,102)(H,77,104)(H,78,103)(H,79,100)(H,86,87)(H,88,89)(H,90,91)(H,92,93)(H,94,95)(H,96,97)(H,105,106)(H,107,108,109)/t44-,45-,46-,47-,48-,49-,50-,51-/m0/s1. The zero-order chi connectivity index (χ0) is 84.1. The van der Waals surface area contributed by atoms with Gasteiger partial charge in [-0.15, -0.1) is 0 Å². The van der Waals surface area contributed by atoms with Crippen LogP contribution in [-0.2, 0) is 111 Å². The van der Waals surface area contributed by atoms with Crippen LogP contribution in [0.4, 0.5) is 0 Å². The number of amides is 10. The Bertz CT molecular complexity index is 4070. The topological polar surface area (TPSA) is 655 Å². The molecule has 45 heteroatoms. The molecule has 1 aromatic heterocycles. The summed E-state index contributed by atoms with van der Waals surface area (Å²) >= 11 is 2.45. The van der Waals surface area contributed by atoms with E-state index in [-0.39, 0.29) is 42.8 Å². The predicted molar refractivity (Wildman–Crippen MR) is 399 cm³/mol. The number of nitrogens with one attached hydrogen (secondary N) is 10. The Morgan fingerprint density at radius 2 is 0.876 bits per heavy atom. The minimum absolute atomic E-state index is 0.0921. The van der Waals surface area contributed by atoms with Crippen LogP contribution >= 0.6 is 23.5 Å². The molecule has 0 fully saturated rings. The van der Waals surface area contributed by atoms with Crippen molar-refractivity contribution in [3.63, 3.8) is 0 Å². The van der Waals surface area contributed by atoms with Gasteiger partial charge in [0.05, 0.1) is 52.1 Å². The second-order valence-corrected chi connectivity index (χ2v) is 28.2. The molecule has 10 amide bonds. The van der Waals surface area contributed by atoms with E-state index in [1.807, 2.05) is 0 Å². The second kappa shape index (κ2) is 47.6. The number of para-hydroxylation sites is 1. The van der Waals surface area contributed by atoms with Crippen LogP contribution < -0.4 is 57.8 Å². The minimum atomic E-state index is -5.05. The number of rotatable bonds is 55. The number of hydrogen-bond acceptors (Lipinski definition) is 25. The van der Waals surface area contributed by atoms with E-state index in [0.29, 0.717) is 22.0 Å². The van der Waals surface area contributed by atoms with Crippen LogP contribution in [0.15, 0.2) is 85.1 Å². The van der Waals surface area contributed by atoms with Crippen LogP contribution in [0.2, 0.25) is 0 Å². The van der Waals surface area contributed by atoms with Crippen LogP contribution in [0.1, 0.15) is 55.2 Å². The van der Waals surface area contributed by atoms with Crippen molar-refractivity contribution in [1.82, 2.24) is 67.5 Å². The number of thioether (sulfide) groups is 2. The van der Waals surface area contributed by atoms with Gasteiger partial charge in [0.1, 0.15) is 54.1 Å². The monoisotopic (exact) mass is 1650 g/mol. The maximum Gasteiger partial charge on any atom is 0.446 e. The number of benzene rings is 3. The molecular weight excluding hydrogens is 1560 g/mol. The lowest BCUT2D eigenvalue weighted by Gasteiger charge is -2.32. The zero-order valence-corrected chi connectivity index (χ0v) is 63.4. The summed E-state index contributed by atoms with van der Waals surface area (Å²) in [6, 6.07) is 6.24. The first kappa shape index (κ1) is 93.9. The first-order valence-corrected chi connectivity index (χ1v) is 38.5. The zero-order valence-electron chi connectivity index (χ0n) is 60.9. The predicted octanol–water partition coefficient (Wildman–Crippen LogP) is -4.58. The molecule has 0 spiro atoms. The van der Waals surface area contributed by atoms with Gasteiger partial charge in [-0.05, 0) is 78.2 Å². The summed E-state index contributed by atoms with van der Waals surface area (Å²) in [5, 5.41) is 89.5. The summed E-state index contributed by atoms with van der Waals surface area (Å²) in [4.78, 5) is 228. The largest absolute Gasteiger partial charge is 0.481 e. The molecule has 42 nitrogen and oxygen atoms in total. The Balaban J connectivity index is 1.57. The number of hydrogen-bond donors (Lipinski definition) is 19. The fraction of sp³-hybridized carbons (Fsp3) is 0.456. The van der Waals surface area contributed by atoms with Crippen LogP contribution in [0, 0.1) is 0 Å². The van der Waals surface area contributed by atoms with Crippen molar-refractivity contribution in [2.75, 3.05) is 89.5 Å². The third-order valence-electron chi connectivity index (χ3n) is 16.5. The van der Waals surface area contributed by atoms with E-state index in [0.717, 1.165) is 26.8 Å². The molecule has 3 aromatic carbocycles. The Labute approximate surface area is 653 Å². The Morgan fingerprint density at radius 1 is 0.460 bits per heavy atom. The number of carbonyl (C=O) groups is 17. The number of H-pyrrole nitrogens is 1. The van der Waals surface area contributed by atoms with Crippen molar-refractivity contribution in [1.29, 1.82) is 0 Å². The molecule has 0 aliphatic carbocycles. The van der Waals surface area contributed by atoms with Crippen LogP contribution in [-0.4, -0.2) is 307 Å². The van der Waals surface area contributed by atoms with Gasteiger partial charge in [0.15, 0.2) is 0 Å². The molecule has 4 aromatic rings. The normalized spacial score (nSPS) is 13.4. The number of carboxylic acid groups (broad SMARTS) is 7. The van der Waals surface area contributed by atoms with Crippen LogP contribution in [0.25, 0.3) is 10.9 Å². The molecule has 0 unspecified atom stereocenters. The van der Waals surface area contributed by atoms with Gasteiger partial charge >= 0.3 is 52.2 Å². The molecular formula is C68H90N14O28S3. The lowest BCUT2D eigenvalue weighted by Crippen LogP contribution is -2.59. The highest BCUT2D eigenvalue weighted by Gasteiger charge is 2.36. The van der Waals surface area contributed by atoms with E-state index in [1.54, 1.807) is 73.3 Å². The van der Waals surface area contributed by atoms with Gasteiger partial charge in [0.2, 0.25) is 59.1 Å². The quantitative estimate of drug-likeness (QED) is 0.0185. The van der Waals surface area contributed by atoms with Gasteiger partial charge in [0.25, 0.3) is 0 Å². The lowest BCUT2D eigenvalue weighted by atomic mass is 10.0. The molecule has 0 saturated heterocycles. The summed E-state index contributed by atoms with van der Waals surface area (Å²) in [7, 11) is -5.05. The molecule has 0 saturated carbocycles. The van der Waals surface area contributed by atoms with Crippen molar-refractivity contribution in [3.8, 4) is 5.75 Å². The van der Waals surface area contributed by atoms with Crippen molar-refractivity contribution < 1.29 is 134 Å². The van der Waals surface area contributed by atoms with E-state index in [2.05, 4.69) is 57.0 Å². The van der Waals surface area contributed by atoms with Crippen molar-refractivity contribution in [3.05, 3.63) is 102 Å². The van der Waals surface area contributed by atoms with Crippen molar-refractivity contribution >= 4 is 146 Å². The number of aromatic nitrogens is 1. The number of nitrogens with zero attached hydrogens (tertiary/aromatic N) is 3. The van der Waals surface area contributed by atoms with Gasteiger partial charge in [0, 0.05) is 69.0 Å². The molecule has 0 aliphatic heterocycles. The van der Waals surface area contributed by atoms with Gasteiger partial charge < -0.3 is 98.5 Å². The molecule has 0 radical (unpaired) electrons. The molecule has 618 valence electrons. The molecule has 20 N–H and O–H groups in total. The third-order valence-corrected chi connectivity index (χ3v) is 18.2. The van der Waals surface area contributed by atoms with E-state index >= 15 is 0 Å². The molecule has 113 heavy (non-hydrogen) atoms. The molecule has 0 bridgehead atoms. The first-order chi connectivity index (χ1) is 53.3. The Kier molecular flexibility index (Phi) is 39.6. The second-order valence-electron chi connectivity index (χ2n) is 25.2. The van der Waals surface area contributed by atoms with E-state index in [4.69, 9.17) is 5.73 Å². The highest BCUT2D eigenvalue weighted by Crippen LogP contribution is 2.21. The summed E-state index contributed by atoms with van der Waals surface area (Å²) in [6.07, 6.45) is 0.140. The number of aliphatic carboxylic acids is 7. The van der Waals surface area contributed by atoms with Crippen LogP contribution in [0.3, 0.4) is 0 Å². The van der Waals surface area contributed by atoms with Crippen molar-refractivity contribution in [2.24, 2.45) is 5.73 Å². The van der Waals surface area contributed by atoms with Gasteiger partial charge in [-0.25, -0.2) is 0 Å². The molecule has 0 aliphatic rings. The number of nitrogens with two attached hydrogens (primary N) is 1. The maximum absolute atomic E-state index is 14.6. The first-order valence-electron chi connectivity index (χ1n) is 34.3. The number of carboxylic acids is 7. The number of primary amides is 1. The summed E-state index contributed by atoms with van der Waals surface area (Å²) in [5.74, 6) is -21.7. The van der Waals surface area contributed by atoms with E-state index in [1.165, 1.54) is 35.7 Å². The fourth-order valence-corrected chi connectivity index (χ4v) is 12.4. The fourth-order valence-electron chi connectivity index (χ4n) is 11.1. The number of carbonyl (C=O) groups excluding carboxylic acids is 10. The van der Waals surface area contributed by atoms with Gasteiger partial charge in [-0.1, -0.05) is 60.7 Å². The van der Waals surface area contributed by atoms with E-state index in [9.17, 15) is 130 Å². The van der Waals surface area contributed by atoms with Crippen molar-refractivity contribution in [2.45, 2.75) is 106 Å². The van der Waals surface area contributed by atoms with Gasteiger partial charge in [-0.3, -0.25) is 101 Å². The average Bonchev–Trinajstić information content (AvgIpc) is 1.68. The van der Waals surface area contributed by atoms with Gasteiger partial charge in [-0.2, -0.15) is 31.9 Å². The lowest BCUT2D eigenvalue weighted by molar-refractivity contribution is -0.146. The third kappa shape index (κ3) is 36.0. The summed E-state index contributed by atoms with van der Waals surface area (Å²) in [5.41, 5.74) is 7.39. The number of aromatic amines is 1. The Morgan fingerprint density at radius 3 is 1.36 bits per heavy atom. The molecule has 1 heterocycles. The highest BCUT2D eigenvalue weighted by molar-refractivity contribution is 7.98. The molecule has 8 atom stereocenters. The van der Waals surface area contributed by atoms with E-state index < -0.39 is 263 Å². The Hall–Kier alpha value is -11.5. The highest BCUT2D eigenvalue weighted by atomic mass is 32.3. The number of fused-ring (bicyclic) bond motifs is 1. The minimum Gasteiger partial charge on any atom is -0.481 e.